The van der Waals surface area contributed by atoms with Crippen LogP contribution in [0.15, 0.2) is 42.5 Å². The summed E-state index contributed by atoms with van der Waals surface area (Å²) in [5.41, 5.74) is 1.08. The van der Waals surface area contributed by atoms with E-state index in [9.17, 15) is 9.90 Å². The first-order chi connectivity index (χ1) is 12.2. The van der Waals surface area contributed by atoms with Gasteiger partial charge in [-0.1, -0.05) is 42.5 Å². The van der Waals surface area contributed by atoms with Crippen LogP contribution in [0.25, 0.3) is 10.8 Å². The smallest absolute Gasteiger partial charge is 0.224 e. The minimum atomic E-state index is -0.201. The van der Waals surface area contributed by atoms with Crippen molar-refractivity contribution >= 4 is 16.7 Å². The van der Waals surface area contributed by atoms with Crippen molar-refractivity contribution in [2.24, 2.45) is 0 Å². The standard InChI is InChI=1S/C21H26N2O2/c24-17-11-12-23(14-17)20-10-4-9-19(20)22-21(25)13-16-7-3-6-15-5-1-2-8-18(15)16/h1-3,5-8,17,19-20,24H,4,9-14H2,(H,22,25)/t17?,19-,20+/m1/s1. The lowest BCUT2D eigenvalue weighted by Crippen LogP contribution is -2.48. The van der Waals surface area contributed by atoms with Gasteiger partial charge in [-0.05, 0) is 42.0 Å². The molecule has 0 bridgehead atoms. The summed E-state index contributed by atoms with van der Waals surface area (Å²) in [7, 11) is 0. The van der Waals surface area contributed by atoms with Gasteiger partial charge in [0.05, 0.1) is 12.5 Å². The molecule has 2 aromatic rings. The fourth-order valence-electron chi connectivity index (χ4n) is 4.49. The summed E-state index contributed by atoms with van der Waals surface area (Å²) in [5, 5.41) is 15.4. The fraction of sp³-hybridized carbons (Fsp3) is 0.476. The number of nitrogens with zero attached hydrogens (tertiary/aromatic N) is 1. The second-order valence-electron chi connectivity index (χ2n) is 7.42. The van der Waals surface area contributed by atoms with Gasteiger partial charge in [-0.15, -0.1) is 0 Å². The molecule has 1 aliphatic carbocycles. The average molecular weight is 338 g/mol. The van der Waals surface area contributed by atoms with Gasteiger partial charge in [0.15, 0.2) is 0 Å². The van der Waals surface area contributed by atoms with Crippen LogP contribution in [-0.4, -0.2) is 47.2 Å². The van der Waals surface area contributed by atoms with Gasteiger partial charge in [-0.25, -0.2) is 0 Å². The van der Waals surface area contributed by atoms with Crippen molar-refractivity contribution in [2.45, 2.75) is 50.3 Å². The molecule has 3 atom stereocenters. The summed E-state index contributed by atoms with van der Waals surface area (Å²) in [6.45, 7) is 1.70. The Kier molecular flexibility index (Phi) is 4.73. The van der Waals surface area contributed by atoms with Crippen LogP contribution in [-0.2, 0) is 11.2 Å². The maximum absolute atomic E-state index is 12.7. The van der Waals surface area contributed by atoms with Crippen molar-refractivity contribution in [3.63, 3.8) is 0 Å². The Balaban J connectivity index is 1.43. The van der Waals surface area contributed by atoms with E-state index in [-0.39, 0.29) is 18.1 Å². The van der Waals surface area contributed by atoms with Gasteiger partial charge in [-0.2, -0.15) is 0 Å². The number of amides is 1. The summed E-state index contributed by atoms with van der Waals surface area (Å²) in [6.07, 6.45) is 4.38. The van der Waals surface area contributed by atoms with E-state index in [1.54, 1.807) is 0 Å². The number of benzene rings is 2. The molecule has 4 heteroatoms. The molecule has 0 radical (unpaired) electrons. The van der Waals surface area contributed by atoms with Gasteiger partial charge in [0, 0.05) is 25.2 Å². The quantitative estimate of drug-likeness (QED) is 0.900. The van der Waals surface area contributed by atoms with E-state index in [1.807, 2.05) is 24.3 Å². The predicted molar refractivity (Wildman–Crippen MR) is 99.4 cm³/mol. The lowest BCUT2D eigenvalue weighted by molar-refractivity contribution is -0.121. The molecule has 1 saturated carbocycles. The Hall–Kier alpha value is -1.91. The highest BCUT2D eigenvalue weighted by molar-refractivity contribution is 5.90. The number of β-amino-alcohol motifs (C(OH)–C–C–N with tert-alkyl or cyclic N) is 1. The molecule has 2 aliphatic rings. The zero-order chi connectivity index (χ0) is 17.2. The van der Waals surface area contributed by atoms with Gasteiger partial charge < -0.3 is 10.4 Å². The molecule has 1 unspecified atom stereocenters. The molecule has 0 spiro atoms. The Morgan fingerprint density at radius 2 is 1.96 bits per heavy atom. The summed E-state index contributed by atoms with van der Waals surface area (Å²) >= 11 is 0. The van der Waals surface area contributed by atoms with Crippen LogP contribution in [0.2, 0.25) is 0 Å². The molecular formula is C21H26N2O2. The van der Waals surface area contributed by atoms with Gasteiger partial charge in [-0.3, -0.25) is 9.69 Å². The van der Waals surface area contributed by atoms with Gasteiger partial charge in [0.25, 0.3) is 0 Å². The maximum Gasteiger partial charge on any atom is 0.224 e. The van der Waals surface area contributed by atoms with Gasteiger partial charge >= 0.3 is 0 Å². The third kappa shape index (κ3) is 3.55. The number of hydrogen-bond acceptors (Lipinski definition) is 3. The Labute approximate surface area is 148 Å². The van der Waals surface area contributed by atoms with Gasteiger partial charge in [0.1, 0.15) is 0 Å². The normalized spacial score (nSPS) is 27.0. The molecule has 132 valence electrons. The van der Waals surface area contributed by atoms with E-state index in [1.165, 1.54) is 5.39 Å². The van der Waals surface area contributed by atoms with Crippen LogP contribution in [0.4, 0.5) is 0 Å². The molecule has 1 amide bonds. The number of carbonyl (C=O) groups is 1. The van der Waals surface area contributed by atoms with Crippen molar-refractivity contribution in [1.29, 1.82) is 0 Å². The molecule has 0 aromatic heterocycles. The molecule has 1 aliphatic heterocycles. The SMILES string of the molecule is O=C(Cc1cccc2ccccc12)N[C@@H]1CCC[C@@H]1N1CCC(O)C1. The number of hydrogen-bond donors (Lipinski definition) is 2. The van der Waals surface area contributed by atoms with Crippen molar-refractivity contribution in [3.8, 4) is 0 Å². The molecule has 4 rings (SSSR count). The predicted octanol–water partition coefficient (Wildman–Crippen LogP) is 2.49. The van der Waals surface area contributed by atoms with E-state index in [0.717, 1.165) is 49.7 Å². The van der Waals surface area contributed by atoms with Crippen LogP contribution in [0.5, 0.6) is 0 Å². The highest BCUT2D eigenvalue weighted by atomic mass is 16.3. The van der Waals surface area contributed by atoms with E-state index in [0.29, 0.717) is 12.5 Å². The zero-order valence-corrected chi connectivity index (χ0v) is 14.5. The second-order valence-corrected chi connectivity index (χ2v) is 7.42. The highest BCUT2D eigenvalue weighted by Crippen LogP contribution is 2.27. The number of fused-ring (bicyclic) bond motifs is 1. The lowest BCUT2D eigenvalue weighted by atomic mass is 10.0. The molecule has 2 fully saturated rings. The summed E-state index contributed by atoms with van der Waals surface area (Å²) < 4.78 is 0. The largest absolute Gasteiger partial charge is 0.392 e. The molecule has 2 aromatic carbocycles. The number of aliphatic hydroxyl groups is 1. The molecule has 1 saturated heterocycles. The Morgan fingerprint density at radius 1 is 1.12 bits per heavy atom. The van der Waals surface area contributed by atoms with Crippen LogP contribution in [0, 0.1) is 0 Å². The van der Waals surface area contributed by atoms with E-state index in [4.69, 9.17) is 0 Å². The minimum Gasteiger partial charge on any atom is -0.392 e. The topological polar surface area (TPSA) is 52.6 Å². The number of rotatable bonds is 4. The first-order valence-corrected chi connectivity index (χ1v) is 9.39. The zero-order valence-electron chi connectivity index (χ0n) is 14.5. The van der Waals surface area contributed by atoms with Crippen molar-refractivity contribution in [1.82, 2.24) is 10.2 Å². The number of aliphatic hydroxyl groups excluding tert-OH is 1. The first kappa shape index (κ1) is 16.6. The third-order valence-electron chi connectivity index (χ3n) is 5.72. The number of nitrogens with one attached hydrogen (secondary N) is 1. The van der Waals surface area contributed by atoms with Crippen LogP contribution in [0.1, 0.15) is 31.2 Å². The maximum atomic E-state index is 12.7. The van der Waals surface area contributed by atoms with Crippen LogP contribution < -0.4 is 5.32 Å². The van der Waals surface area contributed by atoms with E-state index >= 15 is 0 Å². The van der Waals surface area contributed by atoms with Crippen molar-refractivity contribution in [3.05, 3.63) is 48.0 Å². The highest BCUT2D eigenvalue weighted by Gasteiger charge is 2.36. The third-order valence-corrected chi connectivity index (χ3v) is 5.72. The van der Waals surface area contributed by atoms with Gasteiger partial charge in [0.2, 0.25) is 5.91 Å². The average Bonchev–Trinajstić information content (AvgIpc) is 3.24. The number of carbonyl (C=O) groups excluding carboxylic acids is 1. The Morgan fingerprint density at radius 3 is 2.80 bits per heavy atom. The monoisotopic (exact) mass is 338 g/mol. The van der Waals surface area contributed by atoms with E-state index in [2.05, 4.69) is 28.4 Å². The number of likely N-dealkylation sites (tertiary alicyclic amines) is 1. The summed E-state index contributed by atoms with van der Waals surface area (Å²) in [6, 6.07) is 15.0. The lowest BCUT2D eigenvalue weighted by Gasteiger charge is -2.29. The first-order valence-electron chi connectivity index (χ1n) is 9.39. The minimum absolute atomic E-state index is 0.105. The Bertz CT molecular complexity index is 755. The van der Waals surface area contributed by atoms with Crippen molar-refractivity contribution in [2.75, 3.05) is 13.1 Å². The molecule has 1 heterocycles. The van der Waals surface area contributed by atoms with Crippen molar-refractivity contribution < 1.29 is 9.90 Å². The molecule has 25 heavy (non-hydrogen) atoms. The second kappa shape index (κ2) is 7.14. The summed E-state index contributed by atoms with van der Waals surface area (Å²) in [5.74, 6) is 0.105. The van der Waals surface area contributed by atoms with Crippen LogP contribution in [0.3, 0.4) is 0 Å². The fourth-order valence-corrected chi connectivity index (χ4v) is 4.49. The molecule has 4 nitrogen and oxygen atoms in total. The molecular weight excluding hydrogens is 312 g/mol. The molecule has 2 N–H and O–H groups in total. The summed E-state index contributed by atoms with van der Waals surface area (Å²) in [4.78, 5) is 15.0. The van der Waals surface area contributed by atoms with E-state index < -0.39 is 0 Å². The van der Waals surface area contributed by atoms with Crippen LogP contribution >= 0.6 is 0 Å².